The number of fused-ring (bicyclic) bond motifs is 1. The molecule has 0 fully saturated rings. The van der Waals surface area contributed by atoms with Crippen molar-refractivity contribution in [3.63, 3.8) is 0 Å². The van der Waals surface area contributed by atoms with Crippen LogP contribution in [0.5, 0.6) is 0 Å². The lowest BCUT2D eigenvalue weighted by Gasteiger charge is -2.05. The van der Waals surface area contributed by atoms with Gasteiger partial charge >= 0.3 is 5.97 Å². The number of rotatable bonds is 2. The zero-order valence-corrected chi connectivity index (χ0v) is 11.6. The summed E-state index contributed by atoms with van der Waals surface area (Å²) in [6, 6.07) is 7.59. The monoisotopic (exact) mass is 305 g/mol. The molecule has 0 N–H and O–H groups in total. The van der Waals surface area contributed by atoms with Crippen LogP contribution in [0.4, 0.5) is 4.39 Å². The minimum atomic E-state index is -0.549. The molecule has 0 aliphatic carbocycles. The topological polar surface area (TPSA) is 56.5 Å². The highest BCUT2D eigenvalue weighted by Gasteiger charge is 2.17. The number of esters is 1. The molecule has 21 heavy (non-hydrogen) atoms. The maximum absolute atomic E-state index is 13.9. The third kappa shape index (κ3) is 2.23. The van der Waals surface area contributed by atoms with E-state index in [1.807, 2.05) is 0 Å². The number of nitrogens with zero attached hydrogens (tertiary/aromatic N) is 3. The third-order valence-electron chi connectivity index (χ3n) is 3.00. The van der Waals surface area contributed by atoms with Gasteiger partial charge in [0.05, 0.1) is 23.3 Å². The molecule has 5 nitrogen and oxygen atoms in total. The molecular formula is C14H9ClFN3O2. The van der Waals surface area contributed by atoms with Gasteiger partial charge in [0, 0.05) is 6.20 Å². The first kappa shape index (κ1) is 13.5. The third-order valence-corrected chi connectivity index (χ3v) is 3.27. The molecule has 0 unspecified atom stereocenters. The van der Waals surface area contributed by atoms with Crippen LogP contribution in [-0.2, 0) is 4.74 Å². The number of hydrogen-bond donors (Lipinski definition) is 0. The number of benzene rings is 1. The summed E-state index contributed by atoms with van der Waals surface area (Å²) >= 11 is 6.08. The Morgan fingerprint density at radius 2 is 2.10 bits per heavy atom. The molecule has 2 heterocycles. The number of hydrogen-bond acceptors (Lipinski definition) is 4. The van der Waals surface area contributed by atoms with Gasteiger partial charge in [0.2, 0.25) is 0 Å². The summed E-state index contributed by atoms with van der Waals surface area (Å²) in [7, 11) is 1.27. The lowest BCUT2D eigenvalue weighted by molar-refractivity contribution is 0.0600. The van der Waals surface area contributed by atoms with E-state index in [0.717, 1.165) is 0 Å². The van der Waals surface area contributed by atoms with Gasteiger partial charge in [-0.15, -0.1) is 10.2 Å². The van der Waals surface area contributed by atoms with Crippen LogP contribution in [0.3, 0.4) is 0 Å². The molecule has 0 saturated carbocycles. The standard InChI is InChI=1S/C14H9ClFN3O2/c1-21-14(20)8-6-10(15)13-18-17-12(19(13)7-8)9-4-2-3-5-11(9)16/h2-7H,1H3. The van der Waals surface area contributed by atoms with Crippen LogP contribution in [0, 0.1) is 5.82 Å². The number of aromatic nitrogens is 3. The highest BCUT2D eigenvalue weighted by molar-refractivity contribution is 6.33. The molecule has 0 saturated heterocycles. The summed E-state index contributed by atoms with van der Waals surface area (Å²) in [6.45, 7) is 0. The van der Waals surface area contributed by atoms with Crippen LogP contribution in [-0.4, -0.2) is 27.7 Å². The van der Waals surface area contributed by atoms with Crippen molar-refractivity contribution in [3.8, 4) is 11.4 Å². The molecular weight excluding hydrogens is 297 g/mol. The van der Waals surface area contributed by atoms with E-state index in [0.29, 0.717) is 5.65 Å². The molecule has 0 amide bonds. The Kier molecular flexibility index (Phi) is 3.31. The van der Waals surface area contributed by atoms with Crippen LogP contribution in [0.1, 0.15) is 10.4 Å². The summed E-state index contributed by atoms with van der Waals surface area (Å²) in [4.78, 5) is 11.6. The fourth-order valence-corrected chi connectivity index (χ4v) is 2.26. The molecule has 3 rings (SSSR count). The van der Waals surface area contributed by atoms with E-state index in [1.165, 1.54) is 29.8 Å². The van der Waals surface area contributed by atoms with Gasteiger partial charge in [-0.3, -0.25) is 4.40 Å². The summed E-state index contributed by atoms with van der Waals surface area (Å²) in [5.41, 5.74) is 0.832. The molecule has 0 spiro atoms. The smallest absolute Gasteiger partial charge is 0.339 e. The van der Waals surface area contributed by atoms with E-state index in [-0.39, 0.29) is 22.0 Å². The van der Waals surface area contributed by atoms with Gasteiger partial charge in [-0.1, -0.05) is 23.7 Å². The van der Waals surface area contributed by atoms with Crippen LogP contribution in [0.25, 0.3) is 17.0 Å². The summed E-state index contributed by atoms with van der Waals surface area (Å²) < 4.78 is 20.0. The van der Waals surface area contributed by atoms with Crippen LogP contribution < -0.4 is 0 Å². The molecule has 2 aromatic heterocycles. The molecule has 0 bridgehead atoms. The highest BCUT2D eigenvalue weighted by atomic mass is 35.5. The van der Waals surface area contributed by atoms with Gasteiger partial charge < -0.3 is 4.74 Å². The summed E-state index contributed by atoms with van der Waals surface area (Å²) in [5.74, 6) is -0.728. The molecule has 0 aliphatic heterocycles. The van der Waals surface area contributed by atoms with E-state index in [2.05, 4.69) is 14.9 Å². The fourth-order valence-electron chi connectivity index (χ4n) is 2.01. The maximum atomic E-state index is 13.9. The average Bonchev–Trinajstić information content (AvgIpc) is 2.91. The predicted molar refractivity (Wildman–Crippen MR) is 74.7 cm³/mol. The number of methoxy groups -OCH3 is 1. The van der Waals surface area contributed by atoms with Gasteiger partial charge in [-0.05, 0) is 18.2 Å². The van der Waals surface area contributed by atoms with Crippen molar-refractivity contribution >= 4 is 23.2 Å². The normalized spacial score (nSPS) is 10.8. The van der Waals surface area contributed by atoms with Crippen LogP contribution in [0.2, 0.25) is 5.02 Å². The van der Waals surface area contributed by atoms with Crippen molar-refractivity contribution in [2.24, 2.45) is 0 Å². The molecule has 7 heteroatoms. The van der Waals surface area contributed by atoms with Crippen LogP contribution >= 0.6 is 11.6 Å². The second-order valence-electron chi connectivity index (χ2n) is 4.27. The van der Waals surface area contributed by atoms with E-state index in [4.69, 9.17) is 11.6 Å². The first-order chi connectivity index (χ1) is 10.1. The lowest BCUT2D eigenvalue weighted by Crippen LogP contribution is -2.04. The van der Waals surface area contributed by atoms with Gasteiger partial charge in [0.1, 0.15) is 5.82 Å². The van der Waals surface area contributed by atoms with Crippen LogP contribution in [0.15, 0.2) is 36.5 Å². The minimum absolute atomic E-state index is 0.229. The van der Waals surface area contributed by atoms with E-state index >= 15 is 0 Å². The first-order valence-electron chi connectivity index (χ1n) is 5.99. The minimum Gasteiger partial charge on any atom is -0.465 e. The number of halogens is 2. The first-order valence-corrected chi connectivity index (χ1v) is 6.37. The fraction of sp³-hybridized carbons (Fsp3) is 0.0714. The van der Waals surface area contributed by atoms with Crippen molar-refractivity contribution in [2.75, 3.05) is 7.11 Å². The number of carbonyl (C=O) groups is 1. The molecule has 106 valence electrons. The maximum Gasteiger partial charge on any atom is 0.339 e. The zero-order chi connectivity index (χ0) is 15.0. The van der Waals surface area contributed by atoms with E-state index in [1.54, 1.807) is 18.2 Å². The largest absolute Gasteiger partial charge is 0.465 e. The predicted octanol–water partition coefficient (Wildman–Crippen LogP) is 2.98. The summed E-state index contributed by atoms with van der Waals surface area (Å²) in [6.07, 6.45) is 1.47. The number of carbonyl (C=O) groups excluding carboxylic acids is 1. The van der Waals surface area contributed by atoms with Gasteiger partial charge in [-0.25, -0.2) is 9.18 Å². The number of ether oxygens (including phenoxy) is 1. The second-order valence-corrected chi connectivity index (χ2v) is 4.67. The van der Waals surface area contributed by atoms with Crippen molar-refractivity contribution in [2.45, 2.75) is 0 Å². The molecule has 0 radical (unpaired) electrons. The number of pyridine rings is 1. The Balaban J connectivity index is 2.28. The Labute approximate surface area is 123 Å². The Hall–Kier alpha value is -2.47. The highest BCUT2D eigenvalue weighted by Crippen LogP contribution is 2.25. The van der Waals surface area contributed by atoms with Gasteiger partial charge in [-0.2, -0.15) is 0 Å². The van der Waals surface area contributed by atoms with Gasteiger partial charge in [0.15, 0.2) is 11.5 Å². The second kappa shape index (κ2) is 5.14. The average molecular weight is 306 g/mol. The van der Waals surface area contributed by atoms with Crippen molar-refractivity contribution in [1.82, 2.24) is 14.6 Å². The lowest BCUT2D eigenvalue weighted by atomic mass is 10.2. The molecule has 0 atom stereocenters. The quantitative estimate of drug-likeness (QED) is 0.683. The molecule has 3 aromatic rings. The molecule has 0 aliphatic rings. The Morgan fingerprint density at radius 1 is 1.33 bits per heavy atom. The van der Waals surface area contributed by atoms with E-state index in [9.17, 15) is 9.18 Å². The van der Waals surface area contributed by atoms with E-state index < -0.39 is 11.8 Å². The zero-order valence-electron chi connectivity index (χ0n) is 10.9. The summed E-state index contributed by atoms with van der Waals surface area (Å²) in [5, 5.41) is 8.10. The Morgan fingerprint density at radius 3 is 2.81 bits per heavy atom. The van der Waals surface area contributed by atoms with Crippen molar-refractivity contribution in [1.29, 1.82) is 0 Å². The van der Waals surface area contributed by atoms with Crippen molar-refractivity contribution < 1.29 is 13.9 Å². The van der Waals surface area contributed by atoms with Gasteiger partial charge in [0.25, 0.3) is 0 Å². The molecule has 1 aromatic carbocycles. The SMILES string of the molecule is COC(=O)c1cc(Cl)c2nnc(-c3ccccc3F)n2c1. The Bertz CT molecular complexity index is 847. The van der Waals surface area contributed by atoms with Crippen molar-refractivity contribution in [3.05, 3.63) is 52.9 Å².